The van der Waals surface area contributed by atoms with E-state index in [-0.39, 0.29) is 0 Å². The number of rotatable bonds is 5. The molecule has 0 radical (unpaired) electrons. The van der Waals surface area contributed by atoms with Gasteiger partial charge in [-0.05, 0) is 58.7 Å². The largest absolute Gasteiger partial charge is 0.382 e. The molecule has 2 fully saturated rings. The average molecular weight is 226 g/mol. The molecule has 0 bridgehead atoms. The molecule has 0 aromatic carbocycles. The number of hydrogen-bond acceptors (Lipinski definition) is 3. The number of piperidine rings is 1. The minimum absolute atomic E-state index is 0.553. The van der Waals surface area contributed by atoms with Crippen molar-refractivity contribution < 1.29 is 4.74 Å². The standard InChI is InChI=1S/C13H26N2O/c1-2-16-12-4-11-15-10-3-5-13(15)6-8-14-9-7-13/h14H,2-12H2,1H3. The lowest BCUT2D eigenvalue weighted by Gasteiger charge is -2.42. The topological polar surface area (TPSA) is 24.5 Å². The Balaban J connectivity index is 1.78. The number of ether oxygens (including phenoxy) is 1. The van der Waals surface area contributed by atoms with Crippen molar-refractivity contribution in [2.45, 2.75) is 44.6 Å². The molecule has 1 N–H and O–H groups in total. The van der Waals surface area contributed by atoms with Crippen LogP contribution >= 0.6 is 0 Å². The molecule has 2 aliphatic heterocycles. The van der Waals surface area contributed by atoms with E-state index in [0.29, 0.717) is 5.54 Å². The van der Waals surface area contributed by atoms with Gasteiger partial charge in [0.25, 0.3) is 0 Å². The van der Waals surface area contributed by atoms with Crippen LogP contribution in [0.25, 0.3) is 0 Å². The van der Waals surface area contributed by atoms with Crippen LogP contribution in [0, 0.1) is 0 Å². The van der Waals surface area contributed by atoms with E-state index in [4.69, 9.17) is 4.74 Å². The van der Waals surface area contributed by atoms with E-state index in [1.165, 1.54) is 58.3 Å². The number of likely N-dealkylation sites (tertiary alicyclic amines) is 1. The van der Waals surface area contributed by atoms with Crippen molar-refractivity contribution in [3.05, 3.63) is 0 Å². The molecule has 0 aromatic heterocycles. The summed E-state index contributed by atoms with van der Waals surface area (Å²) in [6, 6.07) is 0. The van der Waals surface area contributed by atoms with Gasteiger partial charge in [-0.15, -0.1) is 0 Å². The van der Waals surface area contributed by atoms with Crippen molar-refractivity contribution in [3.8, 4) is 0 Å². The predicted molar refractivity (Wildman–Crippen MR) is 66.8 cm³/mol. The van der Waals surface area contributed by atoms with Crippen LogP contribution in [-0.4, -0.2) is 49.8 Å². The Morgan fingerprint density at radius 2 is 2.06 bits per heavy atom. The second-order valence-corrected chi connectivity index (χ2v) is 5.12. The maximum absolute atomic E-state index is 5.43. The van der Waals surface area contributed by atoms with Crippen molar-refractivity contribution in [2.75, 3.05) is 39.4 Å². The molecule has 0 aliphatic carbocycles. The maximum Gasteiger partial charge on any atom is 0.0478 e. The van der Waals surface area contributed by atoms with Crippen LogP contribution in [0.1, 0.15) is 39.0 Å². The summed E-state index contributed by atoms with van der Waals surface area (Å²) in [7, 11) is 0. The molecule has 3 nitrogen and oxygen atoms in total. The molecule has 3 heteroatoms. The molecule has 16 heavy (non-hydrogen) atoms. The molecular formula is C13H26N2O. The Morgan fingerprint density at radius 1 is 1.25 bits per heavy atom. The van der Waals surface area contributed by atoms with Crippen LogP contribution in [0.2, 0.25) is 0 Å². The molecular weight excluding hydrogens is 200 g/mol. The van der Waals surface area contributed by atoms with Crippen LogP contribution in [0.15, 0.2) is 0 Å². The second kappa shape index (κ2) is 5.99. The second-order valence-electron chi connectivity index (χ2n) is 5.12. The van der Waals surface area contributed by atoms with Crippen LogP contribution < -0.4 is 5.32 Å². The summed E-state index contributed by atoms with van der Waals surface area (Å²) >= 11 is 0. The molecule has 0 amide bonds. The van der Waals surface area contributed by atoms with E-state index in [2.05, 4.69) is 17.1 Å². The zero-order chi connectivity index (χ0) is 11.3. The summed E-state index contributed by atoms with van der Waals surface area (Å²) in [5.74, 6) is 0. The van der Waals surface area contributed by atoms with Gasteiger partial charge in [-0.3, -0.25) is 4.90 Å². The highest BCUT2D eigenvalue weighted by atomic mass is 16.5. The minimum Gasteiger partial charge on any atom is -0.382 e. The van der Waals surface area contributed by atoms with Crippen molar-refractivity contribution >= 4 is 0 Å². The Hall–Kier alpha value is -0.120. The first-order valence-corrected chi connectivity index (χ1v) is 6.91. The summed E-state index contributed by atoms with van der Waals surface area (Å²) in [6.07, 6.45) is 6.71. The quantitative estimate of drug-likeness (QED) is 0.721. The summed E-state index contributed by atoms with van der Waals surface area (Å²) in [5, 5.41) is 3.48. The van der Waals surface area contributed by atoms with Crippen LogP contribution in [0.5, 0.6) is 0 Å². The first kappa shape index (κ1) is 12.3. The Labute approximate surface area is 99.5 Å². The van der Waals surface area contributed by atoms with Crippen molar-refractivity contribution in [3.63, 3.8) is 0 Å². The van der Waals surface area contributed by atoms with E-state index in [1.54, 1.807) is 0 Å². The Bertz CT molecular complexity index is 202. The van der Waals surface area contributed by atoms with Gasteiger partial charge >= 0.3 is 0 Å². The molecule has 0 saturated carbocycles. The van der Waals surface area contributed by atoms with Gasteiger partial charge in [0.05, 0.1) is 0 Å². The average Bonchev–Trinajstić information content (AvgIpc) is 2.69. The zero-order valence-corrected chi connectivity index (χ0v) is 10.6. The highest BCUT2D eigenvalue weighted by molar-refractivity contribution is 4.98. The molecule has 0 aromatic rings. The first-order valence-electron chi connectivity index (χ1n) is 6.91. The molecule has 94 valence electrons. The van der Waals surface area contributed by atoms with Crippen LogP contribution in [0.3, 0.4) is 0 Å². The monoisotopic (exact) mass is 226 g/mol. The third-order valence-corrected chi connectivity index (χ3v) is 4.20. The normalized spacial score (nSPS) is 25.3. The van der Waals surface area contributed by atoms with Crippen LogP contribution in [0.4, 0.5) is 0 Å². The van der Waals surface area contributed by atoms with Gasteiger partial charge in [0.2, 0.25) is 0 Å². The number of hydrogen-bond donors (Lipinski definition) is 1. The zero-order valence-electron chi connectivity index (χ0n) is 10.6. The van der Waals surface area contributed by atoms with E-state index < -0.39 is 0 Å². The van der Waals surface area contributed by atoms with Crippen molar-refractivity contribution in [1.82, 2.24) is 10.2 Å². The highest BCUT2D eigenvalue weighted by Crippen LogP contribution is 2.36. The molecule has 2 rings (SSSR count). The van der Waals surface area contributed by atoms with Gasteiger partial charge < -0.3 is 10.1 Å². The van der Waals surface area contributed by atoms with Crippen molar-refractivity contribution in [1.29, 1.82) is 0 Å². The lowest BCUT2D eigenvalue weighted by Crippen LogP contribution is -2.51. The van der Waals surface area contributed by atoms with Crippen molar-refractivity contribution in [2.24, 2.45) is 0 Å². The lowest BCUT2D eigenvalue weighted by atomic mass is 9.86. The summed E-state index contributed by atoms with van der Waals surface area (Å²) in [5.41, 5.74) is 0.553. The summed E-state index contributed by atoms with van der Waals surface area (Å²) < 4.78 is 5.43. The smallest absolute Gasteiger partial charge is 0.0478 e. The van der Waals surface area contributed by atoms with E-state index in [1.807, 2.05) is 0 Å². The number of nitrogens with zero attached hydrogens (tertiary/aromatic N) is 1. The van der Waals surface area contributed by atoms with Gasteiger partial charge in [0, 0.05) is 25.3 Å². The predicted octanol–water partition coefficient (Wildman–Crippen LogP) is 1.63. The lowest BCUT2D eigenvalue weighted by molar-refractivity contribution is 0.0794. The minimum atomic E-state index is 0.553. The van der Waals surface area contributed by atoms with Gasteiger partial charge in [0.15, 0.2) is 0 Å². The van der Waals surface area contributed by atoms with Crippen LogP contribution in [-0.2, 0) is 4.74 Å². The number of nitrogens with one attached hydrogen (secondary N) is 1. The van der Waals surface area contributed by atoms with E-state index in [0.717, 1.165) is 13.2 Å². The summed E-state index contributed by atoms with van der Waals surface area (Å²) in [6.45, 7) is 8.83. The molecule has 2 aliphatic rings. The fraction of sp³-hybridized carbons (Fsp3) is 1.00. The third kappa shape index (κ3) is 2.76. The fourth-order valence-electron chi connectivity index (χ4n) is 3.30. The first-order chi connectivity index (χ1) is 7.87. The highest BCUT2D eigenvalue weighted by Gasteiger charge is 2.40. The Kier molecular flexibility index (Phi) is 4.62. The molecule has 2 heterocycles. The SMILES string of the molecule is CCOCCCN1CCCC12CCNCC2. The molecule has 1 spiro atoms. The van der Waals surface area contributed by atoms with Gasteiger partial charge in [-0.2, -0.15) is 0 Å². The Morgan fingerprint density at radius 3 is 2.81 bits per heavy atom. The fourth-order valence-corrected chi connectivity index (χ4v) is 3.30. The summed E-state index contributed by atoms with van der Waals surface area (Å²) in [4.78, 5) is 2.74. The van der Waals surface area contributed by atoms with E-state index in [9.17, 15) is 0 Å². The molecule has 0 atom stereocenters. The molecule has 0 unspecified atom stereocenters. The van der Waals surface area contributed by atoms with Gasteiger partial charge in [-0.25, -0.2) is 0 Å². The maximum atomic E-state index is 5.43. The third-order valence-electron chi connectivity index (χ3n) is 4.20. The molecule has 2 saturated heterocycles. The van der Waals surface area contributed by atoms with Gasteiger partial charge in [-0.1, -0.05) is 0 Å². The van der Waals surface area contributed by atoms with Gasteiger partial charge in [0.1, 0.15) is 0 Å². The van der Waals surface area contributed by atoms with E-state index >= 15 is 0 Å².